The molecule has 4 aromatic carbocycles. The van der Waals surface area contributed by atoms with Crippen LogP contribution in [0.5, 0.6) is 0 Å². The summed E-state index contributed by atoms with van der Waals surface area (Å²) in [5.41, 5.74) is -0.0546. The van der Waals surface area contributed by atoms with Crippen molar-refractivity contribution < 1.29 is 35.1 Å². The molecule has 0 saturated heterocycles. The third-order valence-electron chi connectivity index (χ3n) is 6.49. The van der Waals surface area contributed by atoms with Gasteiger partial charge in [-0.05, 0) is 77.9 Å². The standard InChI is InChI=1S/C33H24F8/c1-2-3-4-5-25(34)32(40)21-10-8-19(9-11-21)6-7-20-14-27(36)31(28(37)15-20)22-12-13-24(26(35)16-22)23-17-29(38)33(41)30(39)18-23/h4-5,8-18H,2-3,6-7H2,1H3. The second-order valence-electron chi connectivity index (χ2n) is 9.43. The van der Waals surface area contributed by atoms with E-state index in [2.05, 4.69) is 0 Å². The number of allylic oxidation sites excluding steroid dienone is 3. The molecule has 0 nitrogen and oxygen atoms in total. The molecule has 0 unspecified atom stereocenters. The van der Waals surface area contributed by atoms with E-state index in [0.29, 0.717) is 30.5 Å². The van der Waals surface area contributed by atoms with Gasteiger partial charge in [0.1, 0.15) is 17.5 Å². The molecule has 0 N–H and O–H groups in total. The van der Waals surface area contributed by atoms with Crippen LogP contribution in [0.2, 0.25) is 0 Å². The molecule has 0 saturated carbocycles. The van der Waals surface area contributed by atoms with Crippen molar-refractivity contribution >= 4 is 5.83 Å². The maximum Gasteiger partial charge on any atom is 0.194 e. The van der Waals surface area contributed by atoms with Gasteiger partial charge in [0.15, 0.2) is 29.1 Å². The quantitative estimate of drug-likeness (QED) is 0.106. The molecule has 0 heterocycles. The molecule has 0 aliphatic rings. The number of hydrogen-bond acceptors (Lipinski definition) is 0. The van der Waals surface area contributed by atoms with Gasteiger partial charge in [-0.15, -0.1) is 0 Å². The fourth-order valence-corrected chi connectivity index (χ4v) is 4.33. The van der Waals surface area contributed by atoms with Crippen LogP contribution in [0.25, 0.3) is 28.1 Å². The number of unbranched alkanes of at least 4 members (excludes halogenated alkanes) is 1. The first-order valence-corrected chi connectivity index (χ1v) is 12.8. The second-order valence-corrected chi connectivity index (χ2v) is 9.43. The van der Waals surface area contributed by atoms with E-state index >= 15 is 0 Å². The van der Waals surface area contributed by atoms with Crippen LogP contribution in [0, 0.1) is 34.9 Å². The number of benzene rings is 4. The molecular formula is C33H24F8. The summed E-state index contributed by atoms with van der Waals surface area (Å²) in [4.78, 5) is 0. The Morgan fingerprint density at radius 1 is 0.634 bits per heavy atom. The zero-order valence-corrected chi connectivity index (χ0v) is 21.9. The number of rotatable bonds is 9. The predicted octanol–water partition coefficient (Wildman–Crippen LogP) is 10.6. The Labute approximate surface area is 232 Å². The smallest absolute Gasteiger partial charge is 0.194 e. The first-order valence-electron chi connectivity index (χ1n) is 12.8. The third kappa shape index (κ3) is 6.93. The van der Waals surface area contributed by atoms with Crippen molar-refractivity contribution in [3.8, 4) is 22.3 Å². The van der Waals surface area contributed by atoms with Crippen LogP contribution in [0.15, 0.2) is 84.7 Å². The van der Waals surface area contributed by atoms with Gasteiger partial charge < -0.3 is 0 Å². The topological polar surface area (TPSA) is 0 Å². The van der Waals surface area contributed by atoms with E-state index in [9.17, 15) is 35.1 Å². The molecule has 0 aromatic heterocycles. The molecule has 0 radical (unpaired) electrons. The molecule has 0 aliphatic carbocycles. The molecule has 212 valence electrons. The maximum absolute atomic E-state index is 15.0. The molecule has 0 atom stereocenters. The largest absolute Gasteiger partial charge is 0.206 e. The fourth-order valence-electron chi connectivity index (χ4n) is 4.33. The van der Waals surface area contributed by atoms with Crippen LogP contribution in [0.1, 0.15) is 36.5 Å². The highest BCUT2D eigenvalue weighted by Gasteiger charge is 2.18. The Hall–Kier alpha value is -4.20. The van der Waals surface area contributed by atoms with Gasteiger partial charge >= 0.3 is 0 Å². The molecule has 8 heteroatoms. The van der Waals surface area contributed by atoms with Crippen LogP contribution in [-0.2, 0) is 12.8 Å². The van der Waals surface area contributed by atoms with Crippen molar-refractivity contribution in [3.63, 3.8) is 0 Å². The van der Waals surface area contributed by atoms with Gasteiger partial charge in [0, 0.05) is 11.1 Å². The van der Waals surface area contributed by atoms with Crippen molar-refractivity contribution in [3.05, 3.63) is 136 Å². The Bertz CT molecular complexity index is 1570. The van der Waals surface area contributed by atoms with Gasteiger partial charge in [-0.1, -0.05) is 55.8 Å². The molecule has 0 aliphatic heterocycles. The van der Waals surface area contributed by atoms with Crippen LogP contribution in [-0.4, -0.2) is 0 Å². The van der Waals surface area contributed by atoms with Crippen molar-refractivity contribution in [2.75, 3.05) is 0 Å². The van der Waals surface area contributed by atoms with E-state index in [1.54, 1.807) is 18.2 Å². The molecule has 4 aromatic rings. The summed E-state index contributed by atoms with van der Waals surface area (Å²) < 4.78 is 113. The maximum atomic E-state index is 15.0. The van der Waals surface area contributed by atoms with Gasteiger partial charge in [-0.3, -0.25) is 0 Å². The van der Waals surface area contributed by atoms with E-state index < -0.39 is 52.1 Å². The SMILES string of the molecule is CCCC=CC(F)=C(F)c1ccc(CCc2cc(F)c(-c3ccc(-c4cc(F)c(F)c(F)c4)c(F)c3)c(F)c2)cc1. The average Bonchev–Trinajstić information content (AvgIpc) is 2.94. The van der Waals surface area contributed by atoms with Crippen LogP contribution in [0.3, 0.4) is 0 Å². The molecule has 41 heavy (non-hydrogen) atoms. The summed E-state index contributed by atoms with van der Waals surface area (Å²) in [5.74, 6) is -9.54. The lowest BCUT2D eigenvalue weighted by Gasteiger charge is -2.11. The lowest BCUT2D eigenvalue weighted by molar-refractivity contribution is 0.447. The van der Waals surface area contributed by atoms with E-state index in [1.165, 1.54) is 18.2 Å². The third-order valence-corrected chi connectivity index (χ3v) is 6.49. The summed E-state index contributed by atoms with van der Waals surface area (Å²) >= 11 is 0. The fraction of sp³-hybridized carbons (Fsp3) is 0.152. The summed E-state index contributed by atoms with van der Waals surface area (Å²) in [5, 5.41) is 0. The minimum atomic E-state index is -1.70. The molecule has 4 rings (SSSR count). The zero-order valence-electron chi connectivity index (χ0n) is 21.9. The molecule has 0 amide bonds. The summed E-state index contributed by atoms with van der Waals surface area (Å²) in [6, 6.07) is 12.6. The van der Waals surface area contributed by atoms with Gasteiger partial charge in [-0.2, -0.15) is 0 Å². The van der Waals surface area contributed by atoms with E-state index in [0.717, 1.165) is 42.3 Å². The minimum Gasteiger partial charge on any atom is -0.206 e. The minimum absolute atomic E-state index is 0.0711. The second kappa shape index (κ2) is 13.0. The van der Waals surface area contributed by atoms with Gasteiger partial charge in [0.2, 0.25) is 0 Å². The Morgan fingerprint density at radius 2 is 1.22 bits per heavy atom. The molecule has 0 fully saturated rings. The number of halogens is 8. The predicted molar refractivity (Wildman–Crippen MR) is 144 cm³/mol. The first-order chi connectivity index (χ1) is 19.6. The first kappa shape index (κ1) is 29.8. The monoisotopic (exact) mass is 572 g/mol. The Kier molecular flexibility index (Phi) is 9.42. The van der Waals surface area contributed by atoms with Crippen molar-refractivity contribution in [1.82, 2.24) is 0 Å². The Balaban J connectivity index is 1.49. The van der Waals surface area contributed by atoms with Crippen molar-refractivity contribution in [2.24, 2.45) is 0 Å². The number of hydrogen-bond donors (Lipinski definition) is 0. The van der Waals surface area contributed by atoms with Gasteiger partial charge in [0.05, 0.1) is 5.56 Å². The highest BCUT2D eigenvalue weighted by molar-refractivity contribution is 5.72. The van der Waals surface area contributed by atoms with Gasteiger partial charge in [0.25, 0.3) is 0 Å². The highest BCUT2D eigenvalue weighted by Crippen LogP contribution is 2.33. The van der Waals surface area contributed by atoms with E-state index in [-0.39, 0.29) is 28.7 Å². The van der Waals surface area contributed by atoms with Gasteiger partial charge in [-0.25, -0.2) is 35.1 Å². The lowest BCUT2D eigenvalue weighted by atomic mass is 9.96. The lowest BCUT2D eigenvalue weighted by Crippen LogP contribution is -1.98. The summed E-state index contributed by atoms with van der Waals surface area (Å²) in [6.07, 6.45) is 4.68. The van der Waals surface area contributed by atoms with Crippen molar-refractivity contribution in [2.45, 2.75) is 32.6 Å². The normalized spacial score (nSPS) is 12.2. The molecule has 0 bridgehead atoms. The summed E-state index contributed by atoms with van der Waals surface area (Å²) in [7, 11) is 0. The van der Waals surface area contributed by atoms with Crippen LogP contribution >= 0.6 is 0 Å². The zero-order chi connectivity index (χ0) is 29.7. The number of aryl methyl sites for hydroxylation is 2. The van der Waals surface area contributed by atoms with E-state index in [4.69, 9.17) is 0 Å². The van der Waals surface area contributed by atoms with Crippen LogP contribution in [0.4, 0.5) is 35.1 Å². The Morgan fingerprint density at radius 3 is 1.80 bits per heavy atom. The average molecular weight is 573 g/mol. The molecular weight excluding hydrogens is 548 g/mol. The van der Waals surface area contributed by atoms with E-state index in [1.807, 2.05) is 6.92 Å². The van der Waals surface area contributed by atoms with Crippen LogP contribution < -0.4 is 0 Å². The van der Waals surface area contributed by atoms with Crippen molar-refractivity contribution in [1.29, 1.82) is 0 Å². The molecule has 0 spiro atoms. The summed E-state index contributed by atoms with van der Waals surface area (Å²) in [6.45, 7) is 1.92. The highest BCUT2D eigenvalue weighted by atomic mass is 19.2.